The van der Waals surface area contributed by atoms with Crippen molar-refractivity contribution in [3.8, 4) is 5.75 Å². The van der Waals surface area contributed by atoms with E-state index in [-0.39, 0.29) is 23.9 Å². The summed E-state index contributed by atoms with van der Waals surface area (Å²) in [5.74, 6) is 0.973. The average molecular weight is 396 g/mol. The Morgan fingerprint density at radius 1 is 1.07 bits per heavy atom. The molecular weight excluding hydrogens is 368 g/mol. The third kappa shape index (κ3) is 5.96. The van der Waals surface area contributed by atoms with Gasteiger partial charge in [-0.3, -0.25) is 4.79 Å². The van der Waals surface area contributed by atoms with E-state index in [1.54, 1.807) is 25.3 Å². The lowest BCUT2D eigenvalue weighted by molar-refractivity contribution is -0.117. The molecule has 1 aliphatic carbocycles. The molecule has 1 fully saturated rings. The zero-order valence-corrected chi connectivity index (χ0v) is 17.1. The van der Waals surface area contributed by atoms with Gasteiger partial charge in [-0.25, -0.2) is 4.79 Å². The van der Waals surface area contributed by atoms with Crippen LogP contribution in [0.1, 0.15) is 24.4 Å². The van der Waals surface area contributed by atoms with Crippen molar-refractivity contribution in [3.63, 3.8) is 0 Å². The fourth-order valence-corrected chi connectivity index (χ4v) is 3.05. The Morgan fingerprint density at radius 2 is 1.72 bits per heavy atom. The zero-order valence-electron chi connectivity index (χ0n) is 17.1. The number of anilines is 2. The SMILES string of the molecule is COc1ccc(C(CNC(=O)Nc2cccc(NC(=O)C3CC3)c2)N(C)C)cc1. The summed E-state index contributed by atoms with van der Waals surface area (Å²) in [5, 5.41) is 8.63. The first-order valence-corrected chi connectivity index (χ1v) is 9.72. The first-order chi connectivity index (χ1) is 14.0. The molecule has 0 aromatic heterocycles. The number of benzene rings is 2. The second-order valence-corrected chi connectivity index (χ2v) is 7.43. The molecule has 2 aromatic carbocycles. The van der Waals surface area contributed by atoms with Crippen molar-refractivity contribution in [2.24, 2.45) is 5.92 Å². The number of amides is 3. The standard InChI is InChI=1S/C22H28N4O3/c1-26(2)20(15-9-11-19(29-3)12-10-15)14-23-22(28)25-18-6-4-5-17(13-18)24-21(27)16-7-8-16/h4-6,9-13,16,20H,7-8,14H2,1-3H3,(H,24,27)(H2,23,25,28). The largest absolute Gasteiger partial charge is 0.497 e. The van der Waals surface area contributed by atoms with E-state index in [9.17, 15) is 9.59 Å². The highest BCUT2D eigenvalue weighted by Crippen LogP contribution is 2.30. The molecule has 7 heteroatoms. The highest BCUT2D eigenvalue weighted by Gasteiger charge is 2.29. The predicted molar refractivity (Wildman–Crippen MR) is 114 cm³/mol. The summed E-state index contributed by atoms with van der Waals surface area (Å²) in [4.78, 5) is 26.3. The van der Waals surface area contributed by atoms with E-state index >= 15 is 0 Å². The van der Waals surface area contributed by atoms with E-state index in [2.05, 4.69) is 20.9 Å². The normalized spacial score (nSPS) is 14.2. The van der Waals surface area contributed by atoms with Gasteiger partial charge in [0.25, 0.3) is 0 Å². The lowest BCUT2D eigenvalue weighted by Crippen LogP contribution is -2.36. The van der Waals surface area contributed by atoms with Crippen LogP contribution in [0.3, 0.4) is 0 Å². The lowest BCUT2D eigenvalue weighted by atomic mass is 10.1. The van der Waals surface area contributed by atoms with Crippen LogP contribution in [-0.2, 0) is 4.79 Å². The van der Waals surface area contributed by atoms with Crippen LogP contribution in [0.5, 0.6) is 5.75 Å². The molecule has 0 spiro atoms. The van der Waals surface area contributed by atoms with Gasteiger partial charge in [-0.15, -0.1) is 0 Å². The number of hydrogen-bond acceptors (Lipinski definition) is 4. The number of carbonyl (C=O) groups is 2. The molecule has 1 unspecified atom stereocenters. The van der Waals surface area contributed by atoms with Crippen LogP contribution in [-0.4, -0.2) is 44.6 Å². The van der Waals surface area contributed by atoms with Crippen LogP contribution in [0, 0.1) is 5.92 Å². The maximum Gasteiger partial charge on any atom is 0.319 e. The second-order valence-electron chi connectivity index (χ2n) is 7.43. The van der Waals surface area contributed by atoms with Crippen LogP contribution in [0.2, 0.25) is 0 Å². The average Bonchev–Trinajstić information content (AvgIpc) is 3.54. The molecule has 3 rings (SSSR count). The monoisotopic (exact) mass is 396 g/mol. The van der Waals surface area contributed by atoms with Gasteiger partial charge in [-0.2, -0.15) is 0 Å². The van der Waals surface area contributed by atoms with Gasteiger partial charge in [0.1, 0.15) is 5.75 Å². The third-order valence-electron chi connectivity index (χ3n) is 4.92. The summed E-state index contributed by atoms with van der Waals surface area (Å²) in [6, 6.07) is 14.7. The maximum absolute atomic E-state index is 12.4. The van der Waals surface area contributed by atoms with E-state index in [1.807, 2.05) is 44.4 Å². The van der Waals surface area contributed by atoms with Gasteiger partial charge in [-0.05, 0) is 62.8 Å². The van der Waals surface area contributed by atoms with Gasteiger partial charge in [0.15, 0.2) is 0 Å². The molecule has 0 bridgehead atoms. The molecule has 1 aliphatic rings. The lowest BCUT2D eigenvalue weighted by Gasteiger charge is -2.25. The molecular formula is C22H28N4O3. The molecule has 3 N–H and O–H groups in total. The van der Waals surface area contributed by atoms with Crippen molar-refractivity contribution in [1.29, 1.82) is 0 Å². The molecule has 0 heterocycles. The molecule has 0 aliphatic heterocycles. The van der Waals surface area contributed by atoms with Crippen LogP contribution < -0.4 is 20.7 Å². The molecule has 0 saturated heterocycles. The Labute approximate surface area is 171 Å². The van der Waals surface area contributed by atoms with Gasteiger partial charge in [-0.1, -0.05) is 18.2 Å². The topological polar surface area (TPSA) is 82.7 Å². The zero-order chi connectivity index (χ0) is 20.8. The summed E-state index contributed by atoms with van der Waals surface area (Å²) >= 11 is 0. The smallest absolute Gasteiger partial charge is 0.319 e. The number of urea groups is 1. The molecule has 1 saturated carbocycles. The van der Waals surface area contributed by atoms with Crippen LogP contribution in [0.25, 0.3) is 0 Å². The van der Waals surface area contributed by atoms with Gasteiger partial charge >= 0.3 is 6.03 Å². The minimum Gasteiger partial charge on any atom is -0.497 e. The van der Waals surface area contributed by atoms with E-state index < -0.39 is 0 Å². The fourth-order valence-electron chi connectivity index (χ4n) is 3.05. The number of nitrogens with one attached hydrogen (secondary N) is 3. The number of rotatable bonds is 8. The van der Waals surface area contributed by atoms with Gasteiger partial charge in [0, 0.05) is 23.8 Å². The van der Waals surface area contributed by atoms with E-state index in [0.717, 1.165) is 24.2 Å². The number of nitrogens with zero attached hydrogens (tertiary/aromatic N) is 1. The molecule has 1 atom stereocenters. The Balaban J connectivity index is 1.55. The summed E-state index contributed by atoms with van der Waals surface area (Å²) in [5.41, 5.74) is 2.40. The van der Waals surface area contributed by atoms with E-state index in [4.69, 9.17) is 4.74 Å². The first-order valence-electron chi connectivity index (χ1n) is 9.72. The third-order valence-corrected chi connectivity index (χ3v) is 4.92. The summed E-state index contributed by atoms with van der Waals surface area (Å²) in [6.45, 7) is 0.448. The van der Waals surface area contributed by atoms with Crippen LogP contribution in [0.15, 0.2) is 48.5 Å². The van der Waals surface area contributed by atoms with E-state index in [1.165, 1.54) is 0 Å². The number of ether oxygens (including phenoxy) is 1. The first kappa shape index (κ1) is 20.7. The number of hydrogen-bond donors (Lipinski definition) is 3. The van der Waals surface area contributed by atoms with Crippen LogP contribution >= 0.6 is 0 Å². The molecule has 29 heavy (non-hydrogen) atoms. The van der Waals surface area contributed by atoms with Crippen molar-refractivity contribution >= 4 is 23.3 Å². The molecule has 3 amide bonds. The van der Waals surface area contributed by atoms with Crippen molar-refractivity contribution in [2.75, 3.05) is 38.4 Å². The maximum atomic E-state index is 12.4. The van der Waals surface area contributed by atoms with Gasteiger partial charge < -0.3 is 25.6 Å². The van der Waals surface area contributed by atoms with Gasteiger partial charge in [0.2, 0.25) is 5.91 Å². The Morgan fingerprint density at radius 3 is 2.31 bits per heavy atom. The summed E-state index contributed by atoms with van der Waals surface area (Å²) in [6.07, 6.45) is 1.90. The molecule has 0 radical (unpaired) electrons. The summed E-state index contributed by atoms with van der Waals surface area (Å²) < 4.78 is 5.20. The Hall–Kier alpha value is -3.06. The number of likely N-dealkylation sites (N-methyl/N-ethyl adjacent to an activating group) is 1. The minimum atomic E-state index is -0.295. The summed E-state index contributed by atoms with van der Waals surface area (Å²) in [7, 11) is 5.58. The van der Waals surface area contributed by atoms with Crippen molar-refractivity contribution in [2.45, 2.75) is 18.9 Å². The minimum absolute atomic E-state index is 0.0239. The van der Waals surface area contributed by atoms with Gasteiger partial charge in [0.05, 0.1) is 13.2 Å². The highest BCUT2D eigenvalue weighted by molar-refractivity contribution is 5.95. The highest BCUT2D eigenvalue weighted by atomic mass is 16.5. The quantitative estimate of drug-likeness (QED) is 0.638. The Kier molecular flexibility index (Phi) is 6.72. The number of carbonyl (C=O) groups excluding carboxylic acids is 2. The molecule has 154 valence electrons. The van der Waals surface area contributed by atoms with E-state index in [0.29, 0.717) is 17.9 Å². The van der Waals surface area contributed by atoms with Crippen molar-refractivity contribution in [1.82, 2.24) is 10.2 Å². The molecule has 2 aromatic rings. The fraction of sp³-hybridized carbons (Fsp3) is 0.364. The Bertz CT molecular complexity index is 847. The second kappa shape index (κ2) is 9.43. The van der Waals surface area contributed by atoms with Crippen molar-refractivity contribution in [3.05, 3.63) is 54.1 Å². The van der Waals surface area contributed by atoms with Crippen LogP contribution in [0.4, 0.5) is 16.2 Å². The molecule has 7 nitrogen and oxygen atoms in total. The van der Waals surface area contributed by atoms with Crippen molar-refractivity contribution < 1.29 is 14.3 Å². The number of methoxy groups -OCH3 is 1. The predicted octanol–water partition coefficient (Wildman–Crippen LogP) is 3.47.